The second-order valence-electron chi connectivity index (χ2n) is 10.4. The van der Waals surface area contributed by atoms with Crippen LogP contribution in [-0.2, 0) is 11.3 Å². The monoisotopic (exact) mass is 520 g/mol. The number of nitrogens with zero attached hydrogens (tertiary/aromatic N) is 2. The van der Waals surface area contributed by atoms with Crippen LogP contribution in [0.4, 0.5) is 0 Å². The number of likely N-dealkylation sites (tertiary alicyclic amines) is 1. The molecule has 6 rings (SSSR count). The molecule has 7 heteroatoms. The van der Waals surface area contributed by atoms with Gasteiger partial charge in [0.05, 0.1) is 24.4 Å². The second-order valence-corrected chi connectivity index (χ2v) is 10.8. The highest BCUT2D eigenvalue weighted by Crippen LogP contribution is 2.42. The Kier molecular flexibility index (Phi) is 6.74. The minimum Gasteiger partial charge on any atom is -0.486 e. The molecule has 1 spiro atoms. The van der Waals surface area contributed by atoms with Crippen molar-refractivity contribution in [2.24, 2.45) is 5.41 Å². The number of hydrogen-bond acceptors (Lipinski definition) is 6. The van der Waals surface area contributed by atoms with Gasteiger partial charge in [0, 0.05) is 29.8 Å². The summed E-state index contributed by atoms with van der Waals surface area (Å²) in [6.45, 7) is 8.09. The molecule has 2 saturated heterocycles. The lowest BCUT2D eigenvalue weighted by atomic mass is 9.78. The van der Waals surface area contributed by atoms with Gasteiger partial charge in [-0.25, -0.2) is 4.98 Å². The van der Waals surface area contributed by atoms with Crippen molar-refractivity contribution < 1.29 is 18.9 Å². The summed E-state index contributed by atoms with van der Waals surface area (Å²) >= 11 is 6.99. The van der Waals surface area contributed by atoms with E-state index in [-0.39, 0.29) is 0 Å². The lowest BCUT2D eigenvalue weighted by Gasteiger charge is -2.38. The molecule has 0 amide bonds. The molecule has 0 radical (unpaired) electrons. The van der Waals surface area contributed by atoms with Crippen LogP contribution in [-0.4, -0.2) is 56.5 Å². The van der Waals surface area contributed by atoms with Gasteiger partial charge < -0.3 is 18.9 Å². The number of halogens is 1. The van der Waals surface area contributed by atoms with Gasteiger partial charge in [0.2, 0.25) is 5.88 Å². The first-order valence-electron chi connectivity index (χ1n) is 13.1. The van der Waals surface area contributed by atoms with Gasteiger partial charge in [0.1, 0.15) is 13.2 Å². The van der Waals surface area contributed by atoms with Crippen LogP contribution in [0.15, 0.2) is 42.5 Å². The van der Waals surface area contributed by atoms with E-state index < -0.39 is 0 Å². The van der Waals surface area contributed by atoms with Crippen LogP contribution in [0.25, 0.3) is 22.4 Å². The van der Waals surface area contributed by atoms with E-state index in [0.717, 1.165) is 77.9 Å². The molecule has 2 aromatic carbocycles. The van der Waals surface area contributed by atoms with Gasteiger partial charge in [-0.1, -0.05) is 35.9 Å². The molecular formula is C30H33ClN2O4. The quantitative estimate of drug-likeness (QED) is 0.401. The predicted octanol–water partition coefficient (Wildman–Crippen LogP) is 6.16. The van der Waals surface area contributed by atoms with Gasteiger partial charge >= 0.3 is 0 Å². The van der Waals surface area contributed by atoms with E-state index in [1.807, 2.05) is 36.4 Å². The van der Waals surface area contributed by atoms with E-state index in [2.05, 4.69) is 17.9 Å². The van der Waals surface area contributed by atoms with Crippen LogP contribution in [0.2, 0.25) is 5.02 Å². The van der Waals surface area contributed by atoms with E-state index in [4.69, 9.17) is 35.5 Å². The van der Waals surface area contributed by atoms with E-state index >= 15 is 0 Å². The Morgan fingerprint density at radius 2 is 1.76 bits per heavy atom. The van der Waals surface area contributed by atoms with Crippen molar-refractivity contribution in [3.63, 3.8) is 0 Å². The molecule has 0 unspecified atom stereocenters. The van der Waals surface area contributed by atoms with E-state index in [1.54, 1.807) is 7.11 Å². The first-order chi connectivity index (χ1) is 18.0. The largest absolute Gasteiger partial charge is 0.486 e. The van der Waals surface area contributed by atoms with E-state index in [9.17, 15) is 0 Å². The number of hydrogen-bond donors (Lipinski definition) is 0. The fourth-order valence-electron chi connectivity index (χ4n) is 5.79. The van der Waals surface area contributed by atoms with Crippen molar-refractivity contribution in [1.29, 1.82) is 0 Å². The normalized spacial score (nSPS) is 18.8. The van der Waals surface area contributed by atoms with Gasteiger partial charge in [-0.05, 0) is 74.0 Å². The van der Waals surface area contributed by atoms with Crippen molar-refractivity contribution in [3.8, 4) is 39.8 Å². The number of piperidine rings is 1. The maximum absolute atomic E-state index is 6.99. The van der Waals surface area contributed by atoms with Gasteiger partial charge in [-0.15, -0.1) is 0 Å². The van der Waals surface area contributed by atoms with Gasteiger partial charge in [0.15, 0.2) is 11.5 Å². The Morgan fingerprint density at radius 1 is 0.973 bits per heavy atom. The first-order valence-corrected chi connectivity index (χ1v) is 13.5. The second kappa shape index (κ2) is 10.2. The van der Waals surface area contributed by atoms with Crippen LogP contribution in [0.3, 0.4) is 0 Å². The third-order valence-electron chi connectivity index (χ3n) is 8.11. The lowest BCUT2D eigenvalue weighted by Crippen LogP contribution is -2.40. The van der Waals surface area contributed by atoms with Crippen LogP contribution in [0.5, 0.6) is 17.4 Å². The number of fused-ring (bicyclic) bond motifs is 1. The van der Waals surface area contributed by atoms with Gasteiger partial charge in [-0.2, -0.15) is 0 Å². The number of aromatic nitrogens is 1. The Labute approximate surface area is 223 Å². The molecule has 3 aliphatic heterocycles. The maximum Gasteiger partial charge on any atom is 0.218 e. The number of pyridine rings is 1. The van der Waals surface area contributed by atoms with E-state index in [0.29, 0.717) is 29.5 Å². The third kappa shape index (κ3) is 4.78. The fraction of sp³-hybridized carbons (Fsp3) is 0.433. The molecule has 1 aromatic heterocycles. The molecule has 3 aromatic rings. The average Bonchev–Trinajstić information content (AvgIpc) is 3.38. The molecule has 0 saturated carbocycles. The topological polar surface area (TPSA) is 53.0 Å². The van der Waals surface area contributed by atoms with Crippen LogP contribution in [0, 0.1) is 12.3 Å². The Balaban J connectivity index is 1.27. The summed E-state index contributed by atoms with van der Waals surface area (Å²) in [5, 5.41) is 0.654. The molecule has 0 bridgehead atoms. The van der Waals surface area contributed by atoms with Crippen molar-refractivity contribution in [2.75, 3.05) is 46.6 Å². The molecule has 0 aliphatic carbocycles. The minimum absolute atomic E-state index is 0.400. The van der Waals surface area contributed by atoms with Crippen LogP contribution >= 0.6 is 11.6 Å². The lowest BCUT2D eigenvalue weighted by molar-refractivity contribution is 0.0768. The van der Waals surface area contributed by atoms with Crippen molar-refractivity contribution >= 4 is 11.6 Å². The molecule has 6 nitrogen and oxygen atoms in total. The highest BCUT2D eigenvalue weighted by Gasteiger charge is 2.38. The smallest absolute Gasteiger partial charge is 0.218 e. The SMILES string of the molecule is COc1nc(-c2cccc(-c3ccc4c(c3)OCCO4)c2Cl)cc(C)c1CN1CCC2(CCOC2)CC1. The van der Waals surface area contributed by atoms with Crippen molar-refractivity contribution in [1.82, 2.24) is 9.88 Å². The summed E-state index contributed by atoms with van der Waals surface area (Å²) in [5.41, 5.74) is 6.29. The average molecular weight is 521 g/mol. The molecule has 194 valence electrons. The number of rotatable bonds is 5. The number of benzene rings is 2. The number of methoxy groups -OCH3 is 1. The number of ether oxygens (including phenoxy) is 4. The van der Waals surface area contributed by atoms with Gasteiger partial charge in [-0.3, -0.25) is 4.90 Å². The summed E-state index contributed by atoms with van der Waals surface area (Å²) in [4.78, 5) is 7.45. The van der Waals surface area contributed by atoms with Crippen molar-refractivity contribution in [3.05, 3.63) is 58.6 Å². The van der Waals surface area contributed by atoms with Gasteiger partial charge in [0.25, 0.3) is 0 Å². The van der Waals surface area contributed by atoms with E-state index in [1.165, 1.54) is 19.3 Å². The Hall–Kier alpha value is -2.80. The fourth-order valence-corrected chi connectivity index (χ4v) is 6.12. The highest BCUT2D eigenvalue weighted by atomic mass is 35.5. The first kappa shape index (κ1) is 24.5. The zero-order valence-electron chi connectivity index (χ0n) is 21.5. The molecule has 37 heavy (non-hydrogen) atoms. The molecule has 2 fully saturated rings. The summed E-state index contributed by atoms with van der Waals surface area (Å²) < 4.78 is 23.0. The minimum atomic E-state index is 0.400. The predicted molar refractivity (Wildman–Crippen MR) is 145 cm³/mol. The molecule has 3 aliphatic rings. The third-order valence-corrected chi connectivity index (χ3v) is 8.52. The zero-order chi connectivity index (χ0) is 25.4. The molecular weight excluding hydrogens is 488 g/mol. The summed E-state index contributed by atoms with van der Waals surface area (Å²) in [7, 11) is 1.70. The Morgan fingerprint density at radius 3 is 2.51 bits per heavy atom. The summed E-state index contributed by atoms with van der Waals surface area (Å²) in [6, 6.07) is 14.1. The highest BCUT2D eigenvalue weighted by molar-refractivity contribution is 6.36. The maximum atomic E-state index is 6.99. The standard InChI is InChI=1S/C30H33ClN2O4/c1-20-16-25(32-29(34-2)24(20)18-33-11-8-30(9-12-33)10-13-35-19-30)23-5-3-4-22(28(23)31)21-6-7-26-27(17-21)37-15-14-36-26/h3-7,16-17H,8-15,18-19H2,1-2H3. The van der Waals surface area contributed by atoms with Crippen LogP contribution < -0.4 is 14.2 Å². The molecule has 0 N–H and O–H groups in total. The summed E-state index contributed by atoms with van der Waals surface area (Å²) in [5.74, 6) is 2.18. The van der Waals surface area contributed by atoms with Crippen LogP contribution in [0.1, 0.15) is 30.4 Å². The molecule has 0 atom stereocenters. The number of aryl methyl sites for hydroxylation is 1. The summed E-state index contributed by atoms with van der Waals surface area (Å²) in [6.07, 6.45) is 3.59. The Bertz CT molecular complexity index is 1290. The zero-order valence-corrected chi connectivity index (χ0v) is 22.3. The van der Waals surface area contributed by atoms with Crippen molar-refractivity contribution in [2.45, 2.75) is 32.7 Å². The molecule has 4 heterocycles.